The topological polar surface area (TPSA) is 77.8 Å². The van der Waals surface area contributed by atoms with Gasteiger partial charge in [0.15, 0.2) is 5.82 Å². The molecule has 0 radical (unpaired) electrons. The molecule has 1 atom stereocenters. The predicted octanol–water partition coefficient (Wildman–Crippen LogP) is 2.47. The molecule has 2 N–H and O–H groups in total. The summed E-state index contributed by atoms with van der Waals surface area (Å²) < 4.78 is 5.22. The van der Waals surface area contributed by atoms with Crippen molar-refractivity contribution in [2.75, 3.05) is 0 Å². The van der Waals surface area contributed by atoms with Crippen LogP contribution >= 0.6 is 11.3 Å². The highest BCUT2D eigenvalue weighted by atomic mass is 32.1. The molecule has 98 valence electrons. The average Bonchev–Trinajstić information content (AvgIpc) is 2.86. The first-order valence-corrected chi connectivity index (χ1v) is 6.73. The summed E-state index contributed by atoms with van der Waals surface area (Å²) in [6.45, 7) is 8.11. The van der Waals surface area contributed by atoms with Crippen LogP contribution in [0.2, 0.25) is 0 Å². The molecule has 0 aliphatic carbocycles. The smallest absolute Gasteiger partial charge is 0.244 e. The molecule has 5 nitrogen and oxygen atoms in total. The number of hydrogen-bond acceptors (Lipinski definition) is 6. The normalized spacial score (nSPS) is 13.8. The first-order chi connectivity index (χ1) is 8.36. The van der Waals surface area contributed by atoms with Gasteiger partial charge in [0.05, 0.1) is 12.5 Å². The Morgan fingerprint density at radius 3 is 2.67 bits per heavy atom. The lowest BCUT2D eigenvalue weighted by Crippen LogP contribution is -2.26. The summed E-state index contributed by atoms with van der Waals surface area (Å²) >= 11 is 1.60. The molecule has 0 saturated heterocycles. The fourth-order valence-corrected chi connectivity index (χ4v) is 2.22. The maximum atomic E-state index is 6.07. The second-order valence-electron chi connectivity index (χ2n) is 5.45. The Morgan fingerprint density at radius 1 is 1.39 bits per heavy atom. The maximum Gasteiger partial charge on any atom is 0.244 e. The molecule has 6 heteroatoms. The summed E-state index contributed by atoms with van der Waals surface area (Å²) in [6, 6.07) is -0.253. The van der Waals surface area contributed by atoms with Crippen LogP contribution in [-0.4, -0.2) is 15.1 Å². The van der Waals surface area contributed by atoms with E-state index in [1.807, 2.05) is 33.1 Å². The number of aryl methyl sites for hydroxylation is 1. The molecule has 0 fully saturated rings. The molecule has 2 aromatic heterocycles. The lowest BCUT2D eigenvalue weighted by Gasteiger charge is -2.23. The number of rotatable bonds is 3. The van der Waals surface area contributed by atoms with Crippen molar-refractivity contribution in [1.82, 2.24) is 15.1 Å². The molecule has 1 unspecified atom stereocenters. The largest absolute Gasteiger partial charge is 0.338 e. The lowest BCUT2D eigenvalue weighted by molar-refractivity contribution is 0.252. The molecule has 2 rings (SSSR count). The van der Waals surface area contributed by atoms with E-state index in [-0.39, 0.29) is 11.5 Å². The van der Waals surface area contributed by atoms with Crippen molar-refractivity contribution >= 4 is 11.3 Å². The maximum absolute atomic E-state index is 6.07. The van der Waals surface area contributed by atoms with Gasteiger partial charge in [-0.3, -0.25) is 0 Å². The summed E-state index contributed by atoms with van der Waals surface area (Å²) in [5, 5.41) is 6.96. The van der Waals surface area contributed by atoms with Gasteiger partial charge in [-0.25, -0.2) is 4.98 Å². The van der Waals surface area contributed by atoms with Gasteiger partial charge in [-0.15, -0.1) is 11.3 Å². The summed E-state index contributed by atoms with van der Waals surface area (Å²) in [5.41, 5.74) is 7.00. The Labute approximate surface area is 110 Å². The second-order valence-corrected chi connectivity index (χ2v) is 6.39. The van der Waals surface area contributed by atoms with Crippen LogP contribution in [0.3, 0.4) is 0 Å². The average molecular weight is 266 g/mol. The first kappa shape index (κ1) is 13.2. The minimum Gasteiger partial charge on any atom is -0.338 e. The van der Waals surface area contributed by atoms with E-state index in [0.717, 1.165) is 10.7 Å². The molecule has 0 aliphatic heterocycles. The van der Waals surface area contributed by atoms with Gasteiger partial charge in [0.1, 0.15) is 5.01 Å². The number of aromatic nitrogens is 3. The number of nitrogens with two attached hydrogens (primary N) is 1. The van der Waals surface area contributed by atoms with E-state index < -0.39 is 0 Å². The van der Waals surface area contributed by atoms with Crippen LogP contribution in [-0.2, 0) is 6.42 Å². The Kier molecular flexibility index (Phi) is 3.49. The molecule has 0 saturated carbocycles. The Balaban J connectivity index is 2.11. The summed E-state index contributed by atoms with van der Waals surface area (Å²) in [6.07, 6.45) is 0.596. The van der Waals surface area contributed by atoms with E-state index in [9.17, 15) is 0 Å². The second kappa shape index (κ2) is 4.78. The molecule has 18 heavy (non-hydrogen) atoms. The molecule has 0 aromatic carbocycles. The van der Waals surface area contributed by atoms with Gasteiger partial charge in [0.25, 0.3) is 0 Å². The van der Waals surface area contributed by atoms with E-state index in [1.54, 1.807) is 11.3 Å². The molecular formula is C12H18N4OS. The van der Waals surface area contributed by atoms with Crippen molar-refractivity contribution in [1.29, 1.82) is 0 Å². The Morgan fingerprint density at radius 2 is 2.11 bits per heavy atom. The van der Waals surface area contributed by atoms with E-state index in [0.29, 0.717) is 18.1 Å². The summed E-state index contributed by atoms with van der Waals surface area (Å²) in [5.74, 6) is 1.13. The van der Waals surface area contributed by atoms with E-state index >= 15 is 0 Å². The molecule has 2 heterocycles. The Bertz CT molecular complexity index is 526. The van der Waals surface area contributed by atoms with Crippen molar-refractivity contribution in [2.24, 2.45) is 11.1 Å². The molecule has 0 amide bonds. The van der Waals surface area contributed by atoms with Crippen molar-refractivity contribution in [3.63, 3.8) is 0 Å². The van der Waals surface area contributed by atoms with Crippen LogP contribution in [0.4, 0.5) is 0 Å². The Hall–Kier alpha value is -1.27. The summed E-state index contributed by atoms with van der Waals surface area (Å²) in [4.78, 5) is 8.72. The van der Waals surface area contributed by atoms with E-state index in [4.69, 9.17) is 10.3 Å². The zero-order chi connectivity index (χ0) is 13.3. The molecular weight excluding hydrogens is 248 g/mol. The van der Waals surface area contributed by atoms with Gasteiger partial charge in [-0.2, -0.15) is 4.98 Å². The summed E-state index contributed by atoms with van der Waals surface area (Å²) in [7, 11) is 0. The number of hydrogen-bond donors (Lipinski definition) is 1. The van der Waals surface area contributed by atoms with Crippen LogP contribution in [0.5, 0.6) is 0 Å². The lowest BCUT2D eigenvalue weighted by atomic mass is 9.87. The van der Waals surface area contributed by atoms with Crippen molar-refractivity contribution in [3.05, 3.63) is 27.8 Å². The van der Waals surface area contributed by atoms with Crippen LogP contribution in [0.1, 0.15) is 49.2 Å². The molecule has 0 spiro atoms. The van der Waals surface area contributed by atoms with Crippen molar-refractivity contribution in [2.45, 2.75) is 40.2 Å². The standard InChI is InChI=1S/C12H18N4OS/c1-7-6-18-9(14-7)5-8-15-11(17-16-8)10(13)12(2,3)4/h6,10H,5,13H2,1-4H3. The highest BCUT2D eigenvalue weighted by molar-refractivity contribution is 7.09. The van der Waals surface area contributed by atoms with Gasteiger partial charge in [0, 0.05) is 11.1 Å². The minimum absolute atomic E-state index is 0.0957. The van der Waals surface area contributed by atoms with Crippen molar-refractivity contribution < 1.29 is 4.52 Å². The van der Waals surface area contributed by atoms with Gasteiger partial charge in [-0.1, -0.05) is 25.9 Å². The van der Waals surface area contributed by atoms with Crippen LogP contribution in [0.25, 0.3) is 0 Å². The van der Waals surface area contributed by atoms with Gasteiger partial charge in [-0.05, 0) is 12.3 Å². The monoisotopic (exact) mass is 266 g/mol. The first-order valence-electron chi connectivity index (χ1n) is 5.85. The zero-order valence-electron chi connectivity index (χ0n) is 11.1. The fraction of sp³-hybridized carbons (Fsp3) is 0.583. The van der Waals surface area contributed by atoms with Crippen LogP contribution in [0.15, 0.2) is 9.90 Å². The van der Waals surface area contributed by atoms with Gasteiger partial charge >= 0.3 is 0 Å². The van der Waals surface area contributed by atoms with E-state index in [1.165, 1.54) is 0 Å². The van der Waals surface area contributed by atoms with E-state index in [2.05, 4.69) is 15.1 Å². The fourth-order valence-electron chi connectivity index (χ4n) is 1.46. The zero-order valence-corrected chi connectivity index (χ0v) is 11.9. The molecule has 2 aromatic rings. The predicted molar refractivity (Wildman–Crippen MR) is 70.3 cm³/mol. The van der Waals surface area contributed by atoms with Crippen LogP contribution < -0.4 is 5.73 Å². The third-order valence-electron chi connectivity index (χ3n) is 2.66. The van der Waals surface area contributed by atoms with Crippen LogP contribution in [0, 0.1) is 12.3 Å². The minimum atomic E-state index is -0.253. The third kappa shape index (κ3) is 2.94. The quantitative estimate of drug-likeness (QED) is 0.923. The molecule has 0 bridgehead atoms. The number of nitrogens with zero attached hydrogens (tertiary/aromatic N) is 3. The van der Waals surface area contributed by atoms with Gasteiger partial charge in [0.2, 0.25) is 5.89 Å². The SMILES string of the molecule is Cc1csc(Cc2noc(C(N)C(C)(C)C)n2)n1. The highest BCUT2D eigenvalue weighted by Gasteiger charge is 2.27. The van der Waals surface area contributed by atoms with Gasteiger partial charge < -0.3 is 10.3 Å². The highest BCUT2D eigenvalue weighted by Crippen LogP contribution is 2.29. The molecule has 0 aliphatic rings. The van der Waals surface area contributed by atoms with Crippen molar-refractivity contribution in [3.8, 4) is 0 Å². The third-order valence-corrected chi connectivity index (χ3v) is 3.63. The number of thiazole rings is 1.